The van der Waals surface area contributed by atoms with E-state index >= 15 is 0 Å². The Morgan fingerprint density at radius 2 is 2.43 bits per heavy atom. The molecule has 0 amide bonds. The minimum Gasteiger partial charge on any atom is -0.384 e. The summed E-state index contributed by atoms with van der Waals surface area (Å²) < 4.78 is 1.83. The van der Waals surface area contributed by atoms with Gasteiger partial charge in [0, 0.05) is 25.2 Å². The van der Waals surface area contributed by atoms with Crippen LogP contribution in [0, 0.1) is 0 Å². The first-order valence-corrected chi connectivity index (χ1v) is 5.35. The quantitative estimate of drug-likeness (QED) is 0.755. The van der Waals surface area contributed by atoms with Crippen LogP contribution in [-0.2, 0) is 13.1 Å². The average molecular weight is 194 g/mol. The molecular weight excluding hydrogens is 176 g/mol. The third kappa shape index (κ3) is 1.90. The van der Waals surface area contributed by atoms with Gasteiger partial charge in [0.05, 0.1) is 5.69 Å². The fraction of sp³-hybridized carbons (Fsp3) is 0.700. The SMILES string of the molecule is CCn1nc(CNC2CCC2)cc1N. The molecule has 0 saturated heterocycles. The topological polar surface area (TPSA) is 55.9 Å². The van der Waals surface area contributed by atoms with E-state index in [4.69, 9.17) is 5.73 Å². The lowest BCUT2D eigenvalue weighted by molar-refractivity contribution is 0.336. The summed E-state index contributed by atoms with van der Waals surface area (Å²) in [5.41, 5.74) is 6.83. The number of aryl methyl sites for hydroxylation is 1. The third-order valence-corrected chi connectivity index (χ3v) is 2.84. The Labute approximate surface area is 84.5 Å². The van der Waals surface area contributed by atoms with Crippen molar-refractivity contribution in [3.63, 3.8) is 0 Å². The molecule has 78 valence electrons. The first-order chi connectivity index (χ1) is 6.79. The van der Waals surface area contributed by atoms with E-state index in [1.807, 2.05) is 17.7 Å². The van der Waals surface area contributed by atoms with E-state index in [0.717, 1.165) is 24.6 Å². The van der Waals surface area contributed by atoms with E-state index in [9.17, 15) is 0 Å². The lowest BCUT2D eigenvalue weighted by Gasteiger charge is -2.26. The molecule has 1 aliphatic rings. The molecule has 1 aromatic rings. The van der Waals surface area contributed by atoms with Gasteiger partial charge in [0.15, 0.2) is 0 Å². The van der Waals surface area contributed by atoms with Crippen LogP contribution in [0.5, 0.6) is 0 Å². The fourth-order valence-electron chi connectivity index (χ4n) is 1.69. The van der Waals surface area contributed by atoms with E-state index < -0.39 is 0 Å². The number of anilines is 1. The molecule has 4 heteroatoms. The molecule has 1 saturated carbocycles. The molecule has 0 atom stereocenters. The number of nitrogens with zero attached hydrogens (tertiary/aromatic N) is 2. The highest BCUT2D eigenvalue weighted by Crippen LogP contribution is 2.18. The predicted molar refractivity (Wildman–Crippen MR) is 56.8 cm³/mol. The number of nitrogens with one attached hydrogen (secondary N) is 1. The second-order valence-corrected chi connectivity index (χ2v) is 3.89. The van der Waals surface area contributed by atoms with Crippen LogP contribution in [0.25, 0.3) is 0 Å². The fourth-order valence-corrected chi connectivity index (χ4v) is 1.69. The summed E-state index contributed by atoms with van der Waals surface area (Å²) in [6, 6.07) is 2.66. The molecule has 2 rings (SSSR count). The Balaban J connectivity index is 1.88. The molecule has 3 N–H and O–H groups in total. The lowest BCUT2D eigenvalue weighted by Crippen LogP contribution is -2.34. The van der Waals surface area contributed by atoms with Crippen molar-refractivity contribution in [1.82, 2.24) is 15.1 Å². The average Bonchev–Trinajstić information content (AvgIpc) is 2.44. The Hall–Kier alpha value is -1.03. The molecule has 0 spiro atoms. The third-order valence-electron chi connectivity index (χ3n) is 2.84. The Morgan fingerprint density at radius 3 is 2.93 bits per heavy atom. The molecule has 0 radical (unpaired) electrons. The van der Waals surface area contributed by atoms with Crippen molar-refractivity contribution >= 4 is 5.82 Å². The second-order valence-electron chi connectivity index (χ2n) is 3.89. The molecule has 0 aromatic carbocycles. The summed E-state index contributed by atoms with van der Waals surface area (Å²) in [5, 5.41) is 7.86. The highest BCUT2D eigenvalue weighted by atomic mass is 15.3. The largest absolute Gasteiger partial charge is 0.384 e. The van der Waals surface area contributed by atoms with Crippen LogP contribution in [0.1, 0.15) is 31.9 Å². The summed E-state index contributed by atoms with van der Waals surface area (Å²) in [4.78, 5) is 0. The Morgan fingerprint density at radius 1 is 1.64 bits per heavy atom. The number of aromatic nitrogens is 2. The normalized spacial score (nSPS) is 16.9. The number of hydrogen-bond donors (Lipinski definition) is 2. The predicted octanol–water partition coefficient (Wildman–Crippen LogP) is 1.13. The van der Waals surface area contributed by atoms with Crippen LogP contribution in [0.3, 0.4) is 0 Å². The molecular formula is C10H18N4. The smallest absolute Gasteiger partial charge is 0.121 e. The lowest BCUT2D eigenvalue weighted by atomic mass is 9.93. The molecule has 1 aliphatic carbocycles. The summed E-state index contributed by atoms with van der Waals surface area (Å²) >= 11 is 0. The number of nitrogens with two attached hydrogens (primary N) is 1. The molecule has 0 bridgehead atoms. The Bertz CT molecular complexity index is 301. The number of rotatable bonds is 4. The van der Waals surface area contributed by atoms with Gasteiger partial charge in [-0.05, 0) is 19.8 Å². The van der Waals surface area contributed by atoms with E-state index in [1.165, 1.54) is 19.3 Å². The molecule has 0 unspecified atom stereocenters. The van der Waals surface area contributed by atoms with Gasteiger partial charge < -0.3 is 11.1 Å². The minimum absolute atomic E-state index is 0.711. The van der Waals surface area contributed by atoms with E-state index in [-0.39, 0.29) is 0 Å². The molecule has 0 aliphatic heterocycles. The van der Waals surface area contributed by atoms with Crippen LogP contribution in [0.4, 0.5) is 5.82 Å². The van der Waals surface area contributed by atoms with Gasteiger partial charge in [0.2, 0.25) is 0 Å². The van der Waals surface area contributed by atoms with Gasteiger partial charge in [-0.25, -0.2) is 0 Å². The van der Waals surface area contributed by atoms with Crippen molar-refractivity contribution in [3.05, 3.63) is 11.8 Å². The van der Waals surface area contributed by atoms with Crippen molar-refractivity contribution in [2.45, 2.75) is 45.3 Å². The first kappa shape index (κ1) is 9.52. The van der Waals surface area contributed by atoms with Crippen molar-refractivity contribution in [3.8, 4) is 0 Å². The maximum atomic E-state index is 5.78. The highest BCUT2D eigenvalue weighted by Gasteiger charge is 2.16. The standard InChI is InChI=1S/C10H18N4/c1-2-14-10(11)6-9(13-14)7-12-8-4-3-5-8/h6,8,12H,2-5,7,11H2,1H3. The van der Waals surface area contributed by atoms with E-state index in [1.54, 1.807) is 0 Å². The molecule has 14 heavy (non-hydrogen) atoms. The molecule has 1 fully saturated rings. The molecule has 1 aromatic heterocycles. The molecule has 4 nitrogen and oxygen atoms in total. The van der Waals surface area contributed by atoms with Gasteiger partial charge in [-0.15, -0.1) is 0 Å². The number of nitrogen functional groups attached to an aromatic ring is 1. The van der Waals surface area contributed by atoms with Gasteiger partial charge in [-0.2, -0.15) is 5.10 Å². The van der Waals surface area contributed by atoms with Gasteiger partial charge in [-0.3, -0.25) is 4.68 Å². The zero-order valence-corrected chi connectivity index (χ0v) is 8.66. The van der Waals surface area contributed by atoms with Gasteiger partial charge in [0.25, 0.3) is 0 Å². The van der Waals surface area contributed by atoms with Crippen LogP contribution in [-0.4, -0.2) is 15.8 Å². The summed E-state index contributed by atoms with van der Waals surface area (Å²) in [6.07, 6.45) is 3.98. The first-order valence-electron chi connectivity index (χ1n) is 5.35. The number of hydrogen-bond acceptors (Lipinski definition) is 3. The zero-order chi connectivity index (χ0) is 9.97. The maximum Gasteiger partial charge on any atom is 0.121 e. The monoisotopic (exact) mass is 194 g/mol. The summed E-state index contributed by atoms with van der Waals surface area (Å²) in [7, 11) is 0. The summed E-state index contributed by atoms with van der Waals surface area (Å²) in [5.74, 6) is 0.762. The van der Waals surface area contributed by atoms with Crippen LogP contribution in [0.15, 0.2) is 6.07 Å². The Kier molecular flexibility index (Phi) is 2.72. The van der Waals surface area contributed by atoms with Crippen molar-refractivity contribution in [2.24, 2.45) is 0 Å². The van der Waals surface area contributed by atoms with Gasteiger partial charge in [-0.1, -0.05) is 6.42 Å². The summed E-state index contributed by atoms with van der Waals surface area (Å²) in [6.45, 7) is 3.74. The zero-order valence-electron chi connectivity index (χ0n) is 8.66. The van der Waals surface area contributed by atoms with E-state index in [0.29, 0.717) is 6.04 Å². The molecule has 1 heterocycles. The van der Waals surface area contributed by atoms with Crippen molar-refractivity contribution in [2.75, 3.05) is 5.73 Å². The van der Waals surface area contributed by atoms with Gasteiger partial charge >= 0.3 is 0 Å². The van der Waals surface area contributed by atoms with Crippen molar-refractivity contribution in [1.29, 1.82) is 0 Å². The van der Waals surface area contributed by atoms with E-state index in [2.05, 4.69) is 10.4 Å². The maximum absolute atomic E-state index is 5.78. The van der Waals surface area contributed by atoms with Gasteiger partial charge in [0.1, 0.15) is 5.82 Å². The second kappa shape index (κ2) is 4.00. The van der Waals surface area contributed by atoms with Crippen LogP contribution < -0.4 is 11.1 Å². The highest BCUT2D eigenvalue weighted by molar-refractivity contribution is 5.30. The van der Waals surface area contributed by atoms with Crippen molar-refractivity contribution < 1.29 is 0 Å². The van der Waals surface area contributed by atoms with Crippen LogP contribution >= 0.6 is 0 Å². The van der Waals surface area contributed by atoms with Crippen LogP contribution in [0.2, 0.25) is 0 Å². The minimum atomic E-state index is 0.711.